The average molecular weight is 289 g/mol. The Morgan fingerprint density at radius 2 is 2.19 bits per heavy atom. The van der Waals surface area contributed by atoms with Crippen molar-refractivity contribution < 1.29 is 14.7 Å². The Bertz CT molecular complexity index is 680. The maximum Gasteiger partial charge on any atom is 0.336 e. The quantitative estimate of drug-likeness (QED) is 0.736. The van der Waals surface area contributed by atoms with Crippen molar-refractivity contribution in [3.8, 4) is 0 Å². The predicted octanol–water partition coefficient (Wildman–Crippen LogP) is 0.496. The number of carboxylic acid groups (broad SMARTS) is 1. The fraction of sp³-hybridized carbons (Fsp3) is 0.231. The number of benzene rings is 1. The first-order chi connectivity index (χ1) is 10.0. The lowest BCUT2D eigenvalue weighted by molar-refractivity contribution is 0.0695. The van der Waals surface area contributed by atoms with Gasteiger partial charge in [-0.1, -0.05) is 11.3 Å². The summed E-state index contributed by atoms with van der Waals surface area (Å²) < 4.78 is 1.47. The Hall–Kier alpha value is -2.74. The predicted molar refractivity (Wildman–Crippen MR) is 75.2 cm³/mol. The van der Waals surface area contributed by atoms with E-state index in [-0.39, 0.29) is 11.3 Å². The van der Waals surface area contributed by atoms with Crippen molar-refractivity contribution >= 4 is 17.6 Å². The molecule has 0 bridgehead atoms. The van der Waals surface area contributed by atoms with Gasteiger partial charge >= 0.3 is 5.97 Å². The fourth-order valence-electron chi connectivity index (χ4n) is 1.77. The molecule has 0 saturated carbocycles. The maximum atomic E-state index is 12.0. The second-order valence-electron chi connectivity index (χ2n) is 4.44. The molecule has 8 heteroatoms. The van der Waals surface area contributed by atoms with Crippen LogP contribution in [0, 0.1) is 6.92 Å². The summed E-state index contributed by atoms with van der Waals surface area (Å²) in [5, 5.41) is 19.1. The summed E-state index contributed by atoms with van der Waals surface area (Å²) >= 11 is 0. The van der Waals surface area contributed by atoms with Gasteiger partial charge in [-0.15, -0.1) is 5.10 Å². The number of aromatic carboxylic acids is 1. The van der Waals surface area contributed by atoms with Gasteiger partial charge in [-0.2, -0.15) is 0 Å². The Morgan fingerprint density at radius 1 is 1.43 bits per heavy atom. The minimum Gasteiger partial charge on any atom is -0.478 e. The lowest BCUT2D eigenvalue weighted by Crippen LogP contribution is -2.13. The van der Waals surface area contributed by atoms with E-state index in [0.29, 0.717) is 24.3 Å². The first kappa shape index (κ1) is 14.7. The van der Waals surface area contributed by atoms with Crippen LogP contribution in [0.1, 0.15) is 26.4 Å². The van der Waals surface area contributed by atoms with E-state index < -0.39 is 11.9 Å². The molecule has 8 nitrogen and oxygen atoms in total. The highest BCUT2D eigenvalue weighted by molar-refractivity contribution is 6.03. The van der Waals surface area contributed by atoms with Gasteiger partial charge in [0.05, 0.1) is 18.3 Å². The van der Waals surface area contributed by atoms with Crippen LogP contribution in [0.5, 0.6) is 0 Å². The number of nitrogens with two attached hydrogens (primary N) is 1. The molecule has 2 rings (SSSR count). The van der Waals surface area contributed by atoms with E-state index in [2.05, 4.69) is 15.6 Å². The third kappa shape index (κ3) is 3.42. The number of nitrogens with one attached hydrogen (secondary N) is 1. The topological polar surface area (TPSA) is 123 Å². The van der Waals surface area contributed by atoms with Crippen LogP contribution in [0.25, 0.3) is 0 Å². The Kier molecular flexibility index (Phi) is 4.29. The molecule has 0 aliphatic carbocycles. The van der Waals surface area contributed by atoms with Crippen LogP contribution in [0.4, 0.5) is 5.69 Å². The molecule has 1 heterocycles. The summed E-state index contributed by atoms with van der Waals surface area (Å²) in [6.45, 7) is 2.55. The molecular formula is C13H15N5O3. The standard InChI is InChI=1S/C13H15N5O3/c1-8-2-3-9(6-10(8)13(20)21)15-12(19)11-7-18(5-4-14)17-16-11/h2-3,6-7H,4-5,14H2,1H3,(H,15,19)(H,20,21). The van der Waals surface area contributed by atoms with Gasteiger partial charge in [0, 0.05) is 12.2 Å². The summed E-state index contributed by atoms with van der Waals surface area (Å²) in [5.74, 6) is -1.50. The van der Waals surface area contributed by atoms with Crippen molar-refractivity contribution in [2.75, 3.05) is 11.9 Å². The first-order valence-electron chi connectivity index (χ1n) is 6.26. The highest BCUT2D eigenvalue weighted by Crippen LogP contribution is 2.16. The van der Waals surface area contributed by atoms with Gasteiger partial charge < -0.3 is 16.2 Å². The number of aryl methyl sites for hydroxylation is 1. The third-order valence-electron chi connectivity index (χ3n) is 2.86. The second kappa shape index (κ2) is 6.14. The molecule has 4 N–H and O–H groups in total. The first-order valence-corrected chi connectivity index (χ1v) is 6.26. The molecular weight excluding hydrogens is 274 g/mol. The number of hydrogen-bond acceptors (Lipinski definition) is 5. The molecule has 0 radical (unpaired) electrons. The summed E-state index contributed by atoms with van der Waals surface area (Å²) in [6, 6.07) is 4.66. The van der Waals surface area contributed by atoms with Crippen LogP contribution in [0.15, 0.2) is 24.4 Å². The lowest BCUT2D eigenvalue weighted by Gasteiger charge is -2.06. The number of anilines is 1. The van der Waals surface area contributed by atoms with E-state index in [1.807, 2.05) is 0 Å². The van der Waals surface area contributed by atoms with Crippen molar-refractivity contribution in [1.82, 2.24) is 15.0 Å². The Balaban J connectivity index is 2.15. The normalized spacial score (nSPS) is 10.4. The van der Waals surface area contributed by atoms with Crippen LogP contribution in [-0.2, 0) is 6.54 Å². The van der Waals surface area contributed by atoms with E-state index in [1.54, 1.807) is 19.1 Å². The molecule has 0 unspecified atom stereocenters. The van der Waals surface area contributed by atoms with Crippen LogP contribution in [0.3, 0.4) is 0 Å². The zero-order chi connectivity index (χ0) is 15.4. The number of carbonyl (C=O) groups excluding carboxylic acids is 1. The van der Waals surface area contributed by atoms with E-state index in [1.165, 1.54) is 16.9 Å². The molecule has 110 valence electrons. The fourth-order valence-corrected chi connectivity index (χ4v) is 1.77. The minimum absolute atomic E-state index is 0.139. The second-order valence-corrected chi connectivity index (χ2v) is 4.44. The van der Waals surface area contributed by atoms with E-state index >= 15 is 0 Å². The molecule has 0 aliphatic rings. The van der Waals surface area contributed by atoms with Gasteiger partial charge in [-0.3, -0.25) is 9.48 Å². The number of aromatic nitrogens is 3. The molecule has 0 fully saturated rings. The van der Waals surface area contributed by atoms with Crippen molar-refractivity contribution in [1.29, 1.82) is 0 Å². The number of rotatable bonds is 5. The lowest BCUT2D eigenvalue weighted by atomic mass is 10.1. The van der Waals surface area contributed by atoms with Gasteiger partial charge in [0.2, 0.25) is 0 Å². The number of carboxylic acids is 1. The van der Waals surface area contributed by atoms with Gasteiger partial charge in [-0.25, -0.2) is 4.79 Å². The van der Waals surface area contributed by atoms with E-state index in [4.69, 9.17) is 10.8 Å². The largest absolute Gasteiger partial charge is 0.478 e. The monoisotopic (exact) mass is 289 g/mol. The molecule has 0 aliphatic heterocycles. The summed E-state index contributed by atoms with van der Waals surface area (Å²) in [6.07, 6.45) is 1.48. The highest BCUT2D eigenvalue weighted by Gasteiger charge is 2.13. The third-order valence-corrected chi connectivity index (χ3v) is 2.86. The molecule has 0 atom stereocenters. The maximum absolute atomic E-state index is 12.0. The molecule has 0 spiro atoms. The molecule has 1 amide bonds. The van der Waals surface area contributed by atoms with Crippen molar-refractivity contribution in [2.45, 2.75) is 13.5 Å². The number of amides is 1. The molecule has 1 aromatic heterocycles. The van der Waals surface area contributed by atoms with Crippen molar-refractivity contribution in [3.05, 3.63) is 41.2 Å². The van der Waals surface area contributed by atoms with Gasteiger partial charge in [0.1, 0.15) is 0 Å². The summed E-state index contributed by atoms with van der Waals surface area (Å²) in [4.78, 5) is 23.0. The van der Waals surface area contributed by atoms with Crippen LogP contribution >= 0.6 is 0 Å². The molecule has 2 aromatic rings. The van der Waals surface area contributed by atoms with E-state index in [0.717, 1.165) is 0 Å². The zero-order valence-electron chi connectivity index (χ0n) is 11.4. The van der Waals surface area contributed by atoms with Crippen molar-refractivity contribution in [3.63, 3.8) is 0 Å². The smallest absolute Gasteiger partial charge is 0.336 e. The van der Waals surface area contributed by atoms with Gasteiger partial charge in [-0.05, 0) is 24.6 Å². The van der Waals surface area contributed by atoms with Gasteiger partial charge in [0.15, 0.2) is 5.69 Å². The van der Waals surface area contributed by atoms with Crippen molar-refractivity contribution in [2.24, 2.45) is 5.73 Å². The Morgan fingerprint density at radius 3 is 2.86 bits per heavy atom. The van der Waals surface area contributed by atoms with Gasteiger partial charge in [0.25, 0.3) is 5.91 Å². The minimum atomic E-state index is -1.04. The van der Waals surface area contributed by atoms with Crippen LogP contribution < -0.4 is 11.1 Å². The summed E-state index contributed by atoms with van der Waals surface area (Å²) in [5.41, 5.74) is 6.67. The van der Waals surface area contributed by atoms with Crippen LogP contribution in [0.2, 0.25) is 0 Å². The SMILES string of the molecule is Cc1ccc(NC(=O)c2cn(CCN)nn2)cc1C(=O)O. The molecule has 1 aromatic carbocycles. The number of nitrogens with zero attached hydrogens (tertiary/aromatic N) is 3. The zero-order valence-corrected chi connectivity index (χ0v) is 11.4. The van der Waals surface area contributed by atoms with Crippen LogP contribution in [-0.4, -0.2) is 38.5 Å². The summed E-state index contributed by atoms with van der Waals surface area (Å²) in [7, 11) is 0. The molecule has 21 heavy (non-hydrogen) atoms. The van der Waals surface area contributed by atoms with E-state index in [9.17, 15) is 9.59 Å². The number of hydrogen-bond donors (Lipinski definition) is 3. The average Bonchev–Trinajstić information content (AvgIpc) is 2.90. The number of carbonyl (C=O) groups is 2. The molecule has 0 saturated heterocycles. The Labute approximate surface area is 120 Å². The highest BCUT2D eigenvalue weighted by atomic mass is 16.4.